The van der Waals surface area contributed by atoms with Gasteiger partial charge in [0.2, 0.25) is 0 Å². The molecule has 2 unspecified atom stereocenters. The number of guanidine groups is 1. The lowest BCUT2D eigenvalue weighted by Crippen LogP contribution is -2.48. The highest BCUT2D eigenvalue weighted by atomic mass is 127. The average molecular weight is 433 g/mol. The molecule has 0 aromatic heterocycles. The quantitative estimate of drug-likeness (QED) is 0.340. The van der Waals surface area contributed by atoms with E-state index in [0.717, 1.165) is 31.3 Å². The molecule has 5 heteroatoms. The Morgan fingerprint density at radius 1 is 1.36 bits per heavy atom. The van der Waals surface area contributed by atoms with Crippen LogP contribution < -0.4 is 5.32 Å². The molecule has 0 spiro atoms. The Labute approximate surface area is 156 Å². The fourth-order valence-electron chi connectivity index (χ4n) is 3.13. The molecule has 1 aliphatic heterocycles. The summed E-state index contributed by atoms with van der Waals surface area (Å²) in [6, 6.07) is 10.9. The van der Waals surface area contributed by atoms with E-state index in [4.69, 9.17) is 0 Å². The molecule has 0 amide bonds. The van der Waals surface area contributed by atoms with Crippen LogP contribution in [0.2, 0.25) is 0 Å². The van der Waals surface area contributed by atoms with Crippen LogP contribution in [0.4, 0.5) is 0 Å². The lowest BCUT2D eigenvalue weighted by Gasteiger charge is -2.38. The van der Waals surface area contributed by atoms with E-state index in [1.165, 1.54) is 12.0 Å². The van der Waals surface area contributed by atoms with Gasteiger partial charge in [-0.15, -0.1) is 24.0 Å². The van der Waals surface area contributed by atoms with E-state index in [1.54, 1.807) is 0 Å². The highest BCUT2D eigenvalue weighted by molar-refractivity contribution is 14.0. The summed E-state index contributed by atoms with van der Waals surface area (Å²) in [6.07, 6.45) is 3.34. The number of likely N-dealkylation sites (tertiary alicyclic amines) is 1. The number of halogens is 1. The van der Waals surface area contributed by atoms with Gasteiger partial charge in [-0.05, 0) is 30.1 Å². The summed E-state index contributed by atoms with van der Waals surface area (Å²) in [7, 11) is 1.88. The Kier molecular flexibility index (Phi) is 9.24. The molecule has 1 fully saturated rings. The van der Waals surface area contributed by atoms with Gasteiger partial charge in [-0.25, -0.2) is 0 Å². The third-order valence-electron chi connectivity index (χ3n) is 4.23. The van der Waals surface area contributed by atoms with E-state index >= 15 is 0 Å². The van der Waals surface area contributed by atoms with Crippen molar-refractivity contribution in [1.29, 1.82) is 0 Å². The molecule has 124 valence electrons. The van der Waals surface area contributed by atoms with Crippen LogP contribution in [-0.4, -0.2) is 49.6 Å². The Hall–Kier alpha value is -0.430. The average Bonchev–Trinajstić information content (AvgIpc) is 2.52. The van der Waals surface area contributed by atoms with E-state index < -0.39 is 0 Å². The molecule has 1 aliphatic rings. The molecule has 1 heterocycles. The lowest BCUT2D eigenvalue weighted by atomic mass is 9.82. The largest absolute Gasteiger partial charge is 0.355 e. The van der Waals surface area contributed by atoms with Crippen LogP contribution in [0.1, 0.15) is 24.8 Å². The number of rotatable bonds is 4. The van der Waals surface area contributed by atoms with Crippen molar-refractivity contribution in [2.45, 2.75) is 19.3 Å². The fraction of sp³-hybridized carbons (Fsp3) is 0.588. The maximum Gasteiger partial charge on any atom is 0.193 e. The Morgan fingerprint density at radius 2 is 2.09 bits per heavy atom. The highest BCUT2D eigenvalue weighted by Gasteiger charge is 2.28. The highest BCUT2D eigenvalue weighted by Crippen LogP contribution is 2.32. The molecule has 1 aromatic rings. The first-order valence-electron chi connectivity index (χ1n) is 7.75. The van der Waals surface area contributed by atoms with Gasteiger partial charge in [0.15, 0.2) is 5.96 Å². The van der Waals surface area contributed by atoms with Gasteiger partial charge in [-0.2, -0.15) is 11.8 Å². The number of hydrogen-bond donors (Lipinski definition) is 1. The molecule has 22 heavy (non-hydrogen) atoms. The zero-order valence-electron chi connectivity index (χ0n) is 13.8. The number of thioether (sulfide) groups is 1. The second-order valence-electron chi connectivity index (χ2n) is 5.70. The summed E-state index contributed by atoms with van der Waals surface area (Å²) in [4.78, 5) is 6.85. The summed E-state index contributed by atoms with van der Waals surface area (Å²) >= 11 is 1.86. The van der Waals surface area contributed by atoms with Crippen LogP contribution in [0.5, 0.6) is 0 Å². The fourth-order valence-corrected chi connectivity index (χ4v) is 3.44. The smallest absolute Gasteiger partial charge is 0.193 e. The van der Waals surface area contributed by atoms with Crippen molar-refractivity contribution in [2.75, 3.05) is 38.7 Å². The lowest BCUT2D eigenvalue weighted by molar-refractivity contribution is 0.235. The second-order valence-corrected chi connectivity index (χ2v) is 6.68. The zero-order valence-corrected chi connectivity index (χ0v) is 16.9. The van der Waals surface area contributed by atoms with Gasteiger partial charge >= 0.3 is 0 Å². The van der Waals surface area contributed by atoms with Crippen molar-refractivity contribution in [1.82, 2.24) is 10.2 Å². The van der Waals surface area contributed by atoms with Gasteiger partial charge in [0.05, 0.1) is 0 Å². The van der Waals surface area contributed by atoms with E-state index in [2.05, 4.69) is 58.7 Å². The molecule has 3 nitrogen and oxygen atoms in total. The van der Waals surface area contributed by atoms with Gasteiger partial charge in [0.1, 0.15) is 0 Å². The number of nitrogens with one attached hydrogen (secondary N) is 1. The van der Waals surface area contributed by atoms with Crippen LogP contribution in [-0.2, 0) is 0 Å². The molecule has 0 bridgehead atoms. The summed E-state index contributed by atoms with van der Waals surface area (Å²) in [5, 5.41) is 3.47. The second kappa shape index (κ2) is 10.4. The van der Waals surface area contributed by atoms with Crippen molar-refractivity contribution in [3.05, 3.63) is 35.9 Å². The van der Waals surface area contributed by atoms with Crippen molar-refractivity contribution < 1.29 is 0 Å². The topological polar surface area (TPSA) is 27.6 Å². The standard InChI is InChI=1S/C17H27N3S.HI/c1-14-13-20(17(18-2)19-10-12-21-3)11-9-16(14)15-7-5-4-6-8-15;/h4-8,14,16H,9-13H2,1-3H3,(H,18,19);1H. The van der Waals surface area contributed by atoms with E-state index in [-0.39, 0.29) is 24.0 Å². The van der Waals surface area contributed by atoms with Crippen molar-refractivity contribution >= 4 is 41.7 Å². The summed E-state index contributed by atoms with van der Waals surface area (Å²) in [5.74, 6) is 3.50. The normalized spacial score (nSPS) is 22.1. The van der Waals surface area contributed by atoms with Crippen LogP contribution in [0.3, 0.4) is 0 Å². The third kappa shape index (κ3) is 5.33. The van der Waals surface area contributed by atoms with E-state index in [1.807, 2.05) is 18.8 Å². The molecule has 0 aliphatic carbocycles. The molecule has 2 atom stereocenters. The van der Waals surface area contributed by atoms with E-state index in [9.17, 15) is 0 Å². The minimum absolute atomic E-state index is 0. The van der Waals surface area contributed by atoms with Gasteiger partial charge in [0, 0.05) is 32.4 Å². The Bertz CT molecular complexity index is 452. The van der Waals surface area contributed by atoms with Crippen molar-refractivity contribution in [2.24, 2.45) is 10.9 Å². The molecule has 0 saturated carbocycles. The number of piperidine rings is 1. The molecular formula is C17H28IN3S. The monoisotopic (exact) mass is 433 g/mol. The Morgan fingerprint density at radius 3 is 2.68 bits per heavy atom. The maximum atomic E-state index is 4.44. The molecule has 1 saturated heterocycles. The van der Waals surface area contributed by atoms with Gasteiger partial charge in [-0.3, -0.25) is 4.99 Å². The summed E-state index contributed by atoms with van der Waals surface area (Å²) < 4.78 is 0. The number of aliphatic imine (C=N–C) groups is 1. The SMILES string of the molecule is CN=C(NCCSC)N1CCC(c2ccccc2)C(C)C1.I. The first-order chi connectivity index (χ1) is 10.3. The van der Waals surface area contributed by atoms with Gasteiger partial charge < -0.3 is 10.2 Å². The van der Waals surface area contributed by atoms with E-state index in [0.29, 0.717) is 11.8 Å². The van der Waals surface area contributed by atoms with Gasteiger partial charge in [-0.1, -0.05) is 37.3 Å². The number of benzene rings is 1. The third-order valence-corrected chi connectivity index (χ3v) is 4.85. The molecule has 2 rings (SSSR count). The number of nitrogens with zero attached hydrogens (tertiary/aromatic N) is 2. The molecule has 1 N–H and O–H groups in total. The summed E-state index contributed by atoms with van der Waals surface area (Å²) in [6.45, 7) is 5.52. The molecular weight excluding hydrogens is 405 g/mol. The zero-order chi connectivity index (χ0) is 15.1. The Balaban J connectivity index is 0.00000242. The maximum absolute atomic E-state index is 4.44. The summed E-state index contributed by atoms with van der Waals surface area (Å²) in [5.41, 5.74) is 1.48. The predicted octanol–water partition coefficient (Wildman–Crippen LogP) is 3.67. The van der Waals surface area contributed by atoms with Crippen LogP contribution in [0, 0.1) is 5.92 Å². The molecule has 1 aromatic carbocycles. The molecule has 0 radical (unpaired) electrons. The van der Waals surface area contributed by atoms with Gasteiger partial charge in [0.25, 0.3) is 0 Å². The van der Waals surface area contributed by atoms with Crippen LogP contribution in [0.15, 0.2) is 35.3 Å². The van der Waals surface area contributed by atoms with Crippen molar-refractivity contribution in [3.8, 4) is 0 Å². The first kappa shape index (κ1) is 19.6. The van der Waals surface area contributed by atoms with Crippen LogP contribution in [0.25, 0.3) is 0 Å². The van der Waals surface area contributed by atoms with Crippen molar-refractivity contribution in [3.63, 3.8) is 0 Å². The first-order valence-corrected chi connectivity index (χ1v) is 9.15. The predicted molar refractivity (Wildman–Crippen MR) is 110 cm³/mol. The number of hydrogen-bond acceptors (Lipinski definition) is 2. The minimum Gasteiger partial charge on any atom is -0.355 e. The van der Waals surface area contributed by atoms with Crippen LogP contribution >= 0.6 is 35.7 Å². The minimum atomic E-state index is 0.